The van der Waals surface area contributed by atoms with Crippen molar-refractivity contribution in [3.63, 3.8) is 0 Å². The van der Waals surface area contributed by atoms with E-state index < -0.39 is 0 Å². The monoisotopic (exact) mass is 281 g/mol. The number of hydrogen-bond acceptors (Lipinski definition) is 5. The van der Waals surface area contributed by atoms with E-state index in [9.17, 15) is 0 Å². The van der Waals surface area contributed by atoms with E-state index in [0.29, 0.717) is 12.0 Å². The summed E-state index contributed by atoms with van der Waals surface area (Å²) in [6.45, 7) is 5.20. The van der Waals surface area contributed by atoms with Crippen molar-refractivity contribution in [1.29, 1.82) is 0 Å². The Morgan fingerprint density at radius 1 is 1.32 bits per heavy atom. The molecular weight excluding hydrogens is 258 g/mol. The van der Waals surface area contributed by atoms with Gasteiger partial charge >= 0.3 is 0 Å². The number of nitrogens with one attached hydrogen (secondary N) is 1. The summed E-state index contributed by atoms with van der Waals surface area (Å²) in [5.41, 5.74) is 0.168. The van der Waals surface area contributed by atoms with E-state index in [1.165, 1.54) is 25.7 Å². The molecule has 1 unspecified atom stereocenters. The molecule has 1 aliphatic carbocycles. The van der Waals surface area contributed by atoms with E-state index in [0.717, 1.165) is 29.6 Å². The fraction of sp³-hybridized carbons (Fsp3) is 0.857. The highest BCUT2D eigenvalue weighted by Gasteiger charge is 2.40. The van der Waals surface area contributed by atoms with Crippen LogP contribution in [0.5, 0.6) is 0 Å². The number of ether oxygens (including phenoxy) is 1. The summed E-state index contributed by atoms with van der Waals surface area (Å²) < 4.78 is 6.07. The molecular formula is C14H23N3OS. The van der Waals surface area contributed by atoms with E-state index in [1.54, 1.807) is 11.3 Å². The van der Waals surface area contributed by atoms with Gasteiger partial charge in [0.15, 0.2) is 0 Å². The second-order valence-corrected chi connectivity index (χ2v) is 7.18. The molecule has 0 amide bonds. The van der Waals surface area contributed by atoms with Gasteiger partial charge in [0, 0.05) is 18.6 Å². The Labute approximate surface area is 119 Å². The number of rotatable bonds is 3. The van der Waals surface area contributed by atoms with Gasteiger partial charge in [-0.05, 0) is 25.7 Å². The van der Waals surface area contributed by atoms with Crippen molar-refractivity contribution >= 4 is 16.5 Å². The second kappa shape index (κ2) is 5.37. The van der Waals surface area contributed by atoms with Crippen LogP contribution in [0.25, 0.3) is 0 Å². The Balaban J connectivity index is 1.62. The van der Waals surface area contributed by atoms with Gasteiger partial charge in [-0.3, -0.25) is 0 Å². The summed E-state index contributed by atoms with van der Waals surface area (Å²) in [6.07, 6.45) is 7.32. The SMILES string of the molecule is CC(C)c1nnc(NC2CCOC3(CCCC3)C2)s1. The summed E-state index contributed by atoms with van der Waals surface area (Å²) in [5.74, 6) is 0.462. The first kappa shape index (κ1) is 13.3. The molecule has 1 spiro atoms. The third kappa shape index (κ3) is 2.92. The van der Waals surface area contributed by atoms with Crippen LogP contribution in [0.3, 0.4) is 0 Å². The second-order valence-electron chi connectivity index (χ2n) is 6.17. The van der Waals surface area contributed by atoms with Crippen LogP contribution in [-0.2, 0) is 4.74 Å². The zero-order chi connectivity index (χ0) is 13.3. The maximum Gasteiger partial charge on any atom is 0.205 e. The first-order valence-electron chi connectivity index (χ1n) is 7.41. The highest BCUT2D eigenvalue weighted by molar-refractivity contribution is 7.15. The Hall–Kier alpha value is -0.680. The van der Waals surface area contributed by atoms with Crippen LogP contribution in [0.2, 0.25) is 0 Å². The zero-order valence-corrected chi connectivity index (χ0v) is 12.6. The van der Waals surface area contributed by atoms with Crippen LogP contribution in [0.4, 0.5) is 5.13 Å². The van der Waals surface area contributed by atoms with Crippen LogP contribution in [-0.4, -0.2) is 28.4 Å². The molecule has 0 bridgehead atoms. The molecule has 1 aromatic heterocycles. The third-order valence-electron chi connectivity index (χ3n) is 4.27. The lowest BCUT2D eigenvalue weighted by molar-refractivity contribution is -0.0767. The van der Waals surface area contributed by atoms with Crippen LogP contribution in [0.15, 0.2) is 0 Å². The summed E-state index contributed by atoms with van der Waals surface area (Å²) in [7, 11) is 0. The molecule has 2 aliphatic rings. The number of anilines is 1. The molecule has 2 heterocycles. The van der Waals surface area contributed by atoms with E-state index in [1.807, 2.05) is 0 Å². The largest absolute Gasteiger partial charge is 0.375 e. The molecule has 1 aliphatic heterocycles. The quantitative estimate of drug-likeness (QED) is 0.920. The predicted molar refractivity (Wildman–Crippen MR) is 77.8 cm³/mol. The molecule has 2 fully saturated rings. The minimum atomic E-state index is 0.168. The standard InChI is InChI=1S/C14H23N3OS/c1-10(2)12-16-17-13(19-12)15-11-5-8-18-14(9-11)6-3-4-7-14/h10-11H,3-9H2,1-2H3,(H,15,17). The third-order valence-corrected chi connectivity index (χ3v) is 5.42. The summed E-state index contributed by atoms with van der Waals surface area (Å²) >= 11 is 1.69. The van der Waals surface area contributed by atoms with Crippen LogP contribution < -0.4 is 5.32 Å². The molecule has 0 radical (unpaired) electrons. The lowest BCUT2D eigenvalue weighted by Crippen LogP contribution is -2.42. The van der Waals surface area contributed by atoms with Crippen LogP contribution in [0, 0.1) is 0 Å². The number of hydrogen-bond donors (Lipinski definition) is 1. The van der Waals surface area contributed by atoms with Gasteiger partial charge in [-0.2, -0.15) is 0 Å². The molecule has 4 nitrogen and oxygen atoms in total. The molecule has 3 rings (SSSR count). The Kier molecular flexibility index (Phi) is 3.76. The van der Waals surface area contributed by atoms with Crippen molar-refractivity contribution in [2.75, 3.05) is 11.9 Å². The highest BCUT2D eigenvalue weighted by atomic mass is 32.1. The molecule has 1 N–H and O–H groups in total. The maximum atomic E-state index is 6.07. The van der Waals surface area contributed by atoms with Gasteiger partial charge in [-0.1, -0.05) is 38.0 Å². The van der Waals surface area contributed by atoms with Crippen molar-refractivity contribution in [1.82, 2.24) is 10.2 Å². The minimum absolute atomic E-state index is 0.168. The normalized spacial score (nSPS) is 26.2. The van der Waals surface area contributed by atoms with Gasteiger partial charge in [-0.25, -0.2) is 0 Å². The average molecular weight is 281 g/mol. The average Bonchev–Trinajstić information content (AvgIpc) is 3.00. The first-order chi connectivity index (χ1) is 9.17. The maximum absolute atomic E-state index is 6.07. The fourth-order valence-corrected chi connectivity index (χ4v) is 4.04. The van der Waals surface area contributed by atoms with Gasteiger partial charge in [-0.15, -0.1) is 10.2 Å². The van der Waals surface area contributed by atoms with E-state index >= 15 is 0 Å². The van der Waals surface area contributed by atoms with Crippen molar-refractivity contribution in [3.8, 4) is 0 Å². The Morgan fingerprint density at radius 3 is 2.79 bits per heavy atom. The Bertz CT molecular complexity index is 426. The van der Waals surface area contributed by atoms with Crippen LogP contribution >= 0.6 is 11.3 Å². The molecule has 5 heteroatoms. The predicted octanol–water partition coefficient (Wildman–Crippen LogP) is 3.57. The molecule has 1 saturated heterocycles. The zero-order valence-electron chi connectivity index (χ0n) is 11.8. The number of nitrogens with zero attached hydrogens (tertiary/aromatic N) is 2. The van der Waals surface area contributed by atoms with Crippen LogP contribution in [0.1, 0.15) is 63.3 Å². The molecule has 19 heavy (non-hydrogen) atoms. The summed E-state index contributed by atoms with van der Waals surface area (Å²) in [5, 5.41) is 14.2. The summed E-state index contributed by atoms with van der Waals surface area (Å²) in [6, 6.07) is 0.500. The van der Waals surface area contributed by atoms with Crippen molar-refractivity contribution in [2.45, 2.75) is 69.9 Å². The van der Waals surface area contributed by atoms with E-state index in [2.05, 4.69) is 29.4 Å². The van der Waals surface area contributed by atoms with Crippen molar-refractivity contribution in [2.24, 2.45) is 0 Å². The fourth-order valence-electron chi connectivity index (χ4n) is 3.22. The van der Waals surface area contributed by atoms with Crippen molar-refractivity contribution < 1.29 is 4.74 Å². The lowest BCUT2D eigenvalue weighted by Gasteiger charge is -2.38. The molecule has 0 aromatic carbocycles. The van der Waals surface area contributed by atoms with Gasteiger partial charge < -0.3 is 10.1 Å². The van der Waals surface area contributed by atoms with E-state index in [4.69, 9.17) is 4.74 Å². The summed E-state index contributed by atoms with van der Waals surface area (Å²) in [4.78, 5) is 0. The van der Waals surface area contributed by atoms with Gasteiger partial charge in [0.1, 0.15) is 5.01 Å². The smallest absolute Gasteiger partial charge is 0.205 e. The number of aromatic nitrogens is 2. The van der Waals surface area contributed by atoms with Gasteiger partial charge in [0.05, 0.1) is 5.60 Å². The minimum Gasteiger partial charge on any atom is -0.375 e. The van der Waals surface area contributed by atoms with Gasteiger partial charge in [0.2, 0.25) is 5.13 Å². The Morgan fingerprint density at radius 2 is 2.11 bits per heavy atom. The van der Waals surface area contributed by atoms with Crippen molar-refractivity contribution in [3.05, 3.63) is 5.01 Å². The highest BCUT2D eigenvalue weighted by Crippen LogP contribution is 2.40. The topological polar surface area (TPSA) is 47.0 Å². The molecule has 1 aromatic rings. The molecule has 1 atom stereocenters. The first-order valence-corrected chi connectivity index (χ1v) is 8.22. The van der Waals surface area contributed by atoms with Gasteiger partial charge in [0.25, 0.3) is 0 Å². The lowest BCUT2D eigenvalue weighted by atomic mass is 9.89. The molecule has 1 saturated carbocycles. The van der Waals surface area contributed by atoms with E-state index in [-0.39, 0.29) is 5.60 Å². The molecule has 106 valence electrons.